The van der Waals surface area contributed by atoms with Gasteiger partial charge in [-0.05, 0) is 0 Å². The monoisotopic (exact) mass is 252 g/mol. The Morgan fingerprint density at radius 3 is 1.50 bits per heavy atom. The minimum absolute atomic E-state index is 0.421. The van der Waals surface area contributed by atoms with Gasteiger partial charge in [-0.15, -0.1) is 0 Å². The molecular weight excluding hydrogens is 231 g/mol. The molecule has 84 valence electrons. The fourth-order valence-electron chi connectivity index (χ4n) is 1.15. The van der Waals surface area contributed by atoms with Crippen LogP contribution in [0.15, 0.2) is 10.6 Å². The zero-order valence-corrected chi connectivity index (χ0v) is 12.7. The quantitative estimate of drug-likeness (QED) is 0.600. The molecule has 0 aliphatic carbocycles. The Bertz CT molecular complexity index is 280. The first-order chi connectivity index (χ1) is 5.84. The van der Waals surface area contributed by atoms with Crippen LogP contribution in [0.3, 0.4) is 0 Å². The molecule has 0 aromatic heterocycles. The second kappa shape index (κ2) is 4.06. The predicted molar refractivity (Wildman–Crippen MR) is 66.8 cm³/mol. The van der Waals surface area contributed by atoms with Crippen molar-refractivity contribution in [1.29, 1.82) is 0 Å². The minimum atomic E-state index is -4.04. The molecule has 0 heterocycles. The van der Waals surface area contributed by atoms with Gasteiger partial charge in [0.1, 0.15) is 0 Å². The third-order valence-electron chi connectivity index (χ3n) is 1.65. The number of hydrogen-bond acceptors (Lipinski definition) is 1. The van der Waals surface area contributed by atoms with Crippen molar-refractivity contribution in [3.8, 4) is 0 Å². The topological polar surface area (TPSA) is 57.5 Å². The first kappa shape index (κ1) is 14.3. The second-order valence-electron chi connectivity index (χ2n) is 5.69. The minimum Gasteiger partial charge on any atom is -0.322 e. The highest BCUT2D eigenvalue weighted by Gasteiger charge is 2.34. The Morgan fingerprint density at radius 2 is 1.43 bits per heavy atom. The molecule has 0 bridgehead atoms. The molecule has 14 heavy (non-hydrogen) atoms. The fourth-order valence-corrected chi connectivity index (χ4v) is 10.3. The molecular formula is C8H21O3PSi2. The molecule has 0 rings (SSSR count). The molecule has 2 N–H and O–H groups in total. The summed E-state index contributed by atoms with van der Waals surface area (Å²) >= 11 is 0. The van der Waals surface area contributed by atoms with E-state index in [0.29, 0.717) is 4.94 Å². The van der Waals surface area contributed by atoms with Crippen molar-refractivity contribution in [2.45, 2.75) is 39.3 Å². The van der Waals surface area contributed by atoms with Gasteiger partial charge in [0, 0.05) is 4.94 Å². The van der Waals surface area contributed by atoms with Crippen LogP contribution >= 0.6 is 7.60 Å². The van der Waals surface area contributed by atoms with E-state index in [1.807, 2.05) is 25.3 Å². The molecule has 0 aliphatic rings. The molecule has 0 radical (unpaired) electrons. The number of rotatable bonds is 3. The van der Waals surface area contributed by atoms with Crippen LogP contribution in [0.4, 0.5) is 0 Å². The lowest BCUT2D eigenvalue weighted by molar-refractivity contribution is 0.384. The standard InChI is InChI=1S/C8H21O3PSi2/c1-13(2,3)7-8(12(9,10)11)14(4,5)6/h7H,1-6H3,(H2,9,10,11)/b8-7+. The molecule has 0 aromatic carbocycles. The molecule has 0 unspecified atom stereocenters. The summed E-state index contributed by atoms with van der Waals surface area (Å²) in [6, 6.07) is 0. The molecule has 0 fully saturated rings. The first-order valence-corrected chi connectivity index (χ1v) is 13.3. The van der Waals surface area contributed by atoms with Crippen LogP contribution < -0.4 is 0 Å². The van der Waals surface area contributed by atoms with Crippen molar-refractivity contribution < 1.29 is 14.4 Å². The Labute approximate surface area is 88.4 Å². The third-order valence-corrected chi connectivity index (χ3v) is 8.66. The van der Waals surface area contributed by atoms with Gasteiger partial charge in [0.2, 0.25) is 0 Å². The zero-order chi connectivity index (χ0) is 11.8. The van der Waals surface area contributed by atoms with Crippen LogP contribution in [0.1, 0.15) is 0 Å². The van der Waals surface area contributed by atoms with Gasteiger partial charge in [0.15, 0.2) is 0 Å². The van der Waals surface area contributed by atoms with Crippen molar-refractivity contribution in [2.24, 2.45) is 0 Å². The lowest BCUT2D eigenvalue weighted by atomic mass is 11.2. The second-order valence-corrected chi connectivity index (χ2v) is 17.7. The van der Waals surface area contributed by atoms with E-state index in [4.69, 9.17) is 0 Å². The van der Waals surface area contributed by atoms with E-state index in [2.05, 4.69) is 19.6 Å². The van der Waals surface area contributed by atoms with Gasteiger partial charge < -0.3 is 9.79 Å². The third kappa shape index (κ3) is 5.27. The molecule has 0 aromatic rings. The lowest BCUT2D eigenvalue weighted by Gasteiger charge is -2.25. The van der Waals surface area contributed by atoms with Gasteiger partial charge in [-0.2, -0.15) is 0 Å². The van der Waals surface area contributed by atoms with E-state index >= 15 is 0 Å². The zero-order valence-electron chi connectivity index (χ0n) is 9.83. The van der Waals surface area contributed by atoms with E-state index in [1.165, 1.54) is 0 Å². The summed E-state index contributed by atoms with van der Waals surface area (Å²) in [5.74, 6) is 0. The molecule has 0 amide bonds. The highest BCUT2D eigenvalue weighted by Crippen LogP contribution is 2.50. The summed E-state index contributed by atoms with van der Waals surface area (Å²) in [6.07, 6.45) is 0. The van der Waals surface area contributed by atoms with Crippen molar-refractivity contribution in [2.75, 3.05) is 0 Å². The highest BCUT2D eigenvalue weighted by atomic mass is 31.2. The summed E-state index contributed by atoms with van der Waals surface area (Å²) in [4.78, 5) is 19.0. The van der Waals surface area contributed by atoms with Crippen molar-refractivity contribution in [1.82, 2.24) is 0 Å². The predicted octanol–water partition coefficient (Wildman–Crippen LogP) is 2.80. The molecule has 0 aliphatic heterocycles. The van der Waals surface area contributed by atoms with Crippen LogP contribution in [-0.2, 0) is 4.57 Å². The maximum atomic E-state index is 11.3. The van der Waals surface area contributed by atoms with Gasteiger partial charge in [-0.1, -0.05) is 45.0 Å². The van der Waals surface area contributed by atoms with E-state index in [9.17, 15) is 14.4 Å². The van der Waals surface area contributed by atoms with Crippen LogP contribution in [0.5, 0.6) is 0 Å². The molecule has 0 saturated carbocycles. The summed E-state index contributed by atoms with van der Waals surface area (Å²) in [6.45, 7) is 12.2. The maximum absolute atomic E-state index is 11.3. The average molecular weight is 252 g/mol. The lowest BCUT2D eigenvalue weighted by Crippen LogP contribution is -2.28. The maximum Gasteiger partial charge on any atom is 0.347 e. The normalized spacial score (nSPS) is 15.9. The van der Waals surface area contributed by atoms with Gasteiger partial charge in [-0.3, -0.25) is 4.57 Å². The van der Waals surface area contributed by atoms with Gasteiger partial charge in [-0.25, -0.2) is 0 Å². The van der Waals surface area contributed by atoms with Crippen LogP contribution in [0.2, 0.25) is 39.3 Å². The molecule has 0 atom stereocenters. The average Bonchev–Trinajstić information content (AvgIpc) is 1.75. The SMILES string of the molecule is C[Si](C)(C)/C=C(/[Si](C)(C)C)P(=O)(O)O. The van der Waals surface area contributed by atoms with E-state index in [1.54, 1.807) is 0 Å². The Morgan fingerprint density at radius 1 is 1.07 bits per heavy atom. The molecule has 0 saturated heterocycles. The van der Waals surface area contributed by atoms with Crippen LogP contribution in [-0.4, -0.2) is 25.9 Å². The van der Waals surface area contributed by atoms with Crippen molar-refractivity contribution in [3.63, 3.8) is 0 Å². The Hall–Kier alpha value is 0.324. The fraction of sp³-hybridized carbons (Fsp3) is 0.750. The van der Waals surface area contributed by atoms with Gasteiger partial charge in [0.25, 0.3) is 0 Å². The van der Waals surface area contributed by atoms with Crippen LogP contribution in [0.25, 0.3) is 0 Å². The van der Waals surface area contributed by atoms with Gasteiger partial charge in [0.05, 0.1) is 16.1 Å². The van der Waals surface area contributed by atoms with E-state index in [0.717, 1.165) is 0 Å². The van der Waals surface area contributed by atoms with Crippen molar-refractivity contribution in [3.05, 3.63) is 10.6 Å². The summed E-state index contributed by atoms with van der Waals surface area (Å²) in [5.41, 5.74) is 1.88. The van der Waals surface area contributed by atoms with Crippen LogP contribution in [0, 0.1) is 0 Å². The first-order valence-electron chi connectivity index (χ1n) is 4.63. The molecule has 0 spiro atoms. The summed E-state index contributed by atoms with van der Waals surface area (Å²) in [7, 11) is -7.49. The van der Waals surface area contributed by atoms with Crippen molar-refractivity contribution >= 4 is 23.7 Å². The van der Waals surface area contributed by atoms with E-state index < -0.39 is 23.7 Å². The molecule has 3 nitrogen and oxygen atoms in total. The number of hydrogen-bond donors (Lipinski definition) is 2. The summed E-state index contributed by atoms with van der Waals surface area (Å²) in [5, 5.41) is 0. The van der Waals surface area contributed by atoms with E-state index in [-0.39, 0.29) is 0 Å². The largest absolute Gasteiger partial charge is 0.347 e. The molecule has 6 heteroatoms. The Balaban J connectivity index is 5.38. The summed E-state index contributed by atoms with van der Waals surface area (Å²) < 4.78 is 11.3. The highest BCUT2D eigenvalue weighted by molar-refractivity contribution is 7.61. The smallest absolute Gasteiger partial charge is 0.322 e. The Kier molecular flexibility index (Phi) is 4.15. The van der Waals surface area contributed by atoms with Gasteiger partial charge >= 0.3 is 7.60 Å².